The standard InChI is InChI=1S/C9H10F3O3P/c1-16(13,14-7-9(10,11)12)15-8-5-3-2-4-6-8/h2-6H,7H2,1H3. The first-order valence-corrected chi connectivity index (χ1v) is 6.31. The summed E-state index contributed by atoms with van der Waals surface area (Å²) in [4.78, 5) is 0. The molecule has 0 N–H and O–H groups in total. The van der Waals surface area contributed by atoms with Gasteiger partial charge in [0.2, 0.25) is 0 Å². The number of halogens is 3. The highest BCUT2D eigenvalue weighted by atomic mass is 31.2. The second-order valence-corrected chi connectivity index (χ2v) is 5.05. The van der Waals surface area contributed by atoms with Gasteiger partial charge in [-0.3, -0.25) is 4.52 Å². The fourth-order valence-corrected chi connectivity index (χ4v) is 1.83. The average Bonchev–Trinajstić information content (AvgIpc) is 2.15. The number of hydrogen-bond donors (Lipinski definition) is 0. The van der Waals surface area contributed by atoms with Gasteiger partial charge in [0.25, 0.3) is 0 Å². The predicted molar refractivity (Wildman–Crippen MR) is 52.6 cm³/mol. The lowest BCUT2D eigenvalue weighted by molar-refractivity contribution is -0.154. The summed E-state index contributed by atoms with van der Waals surface area (Å²) >= 11 is 0. The Hall–Kier alpha value is -1.00. The van der Waals surface area contributed by atoms with Gasteiger partial charge in [-0.25, -0.2) is 4.57 Å². The van der Waals surface area contributed by atoms with E-state index in [0.29, 0.717) is 0 Å². The minimum absolute atomic E-state index is 0.204. The van der Waals surface area contributed by atoms with E-state index in [-0.39, 0.29) is 5.75 Å². The summed E-state index contributed by atoms with van der Waals surface area (Å²) in [6.07, 6.45) is -4.52. The third-order valence-corrected chi connectivity index (χ3v) is 2.62. The van der Waals surface area contributed by atoms with Gasteiger partial charge in [0, 0.05) is 6.66 Å². The van der Waals surface area contributed by atoms with E-state index in [9.17, 15) is 17.7 Å². The van der Waals surface area contributed by atoms with Crippen LogP contribution in [-0.4, -0.2) is 19.4 Å². The molecule has 0 aliphatic carbocycles. The molecule has 0 aliphatic rings. The maximum Gasteiger partial charge on any atom is 0.412 e. The van der Waals surface area contributed by atoms with Gasteiger partial charge in [0.15, 0.2) is 6.61 Å². The molecule has 1 rings (SSSR count). The van der Waals surface area contributed by atoms with Gasteiger partial charge < -0.3 is 4.52 Å². The number of hydrogen-bond acceptors (Lipinski definition) is 3. The Labute approximate surface area is 90.7 Å². The van der Waals surface area contributed by atoms with Crippen molar-refractivity contribution in [3.63, 3.8) is 0 Å². The Morgan fingerprint density at radius 3 is 2.31 bits per heavy atom. The van der Waals surface area contributed by atoms with E-state index in [1.54, 1.807) is 18.2 Å². The number of benzene rings is 1. The van der Waals surface area contributed by atoms with Crippen LogP contribution in [0.25, 0.3) is 0 Å². The van der Waals surface area contributed by atoms with Crippen LogP contribution in [0.1, 0.15) is 0 Å². The Morgan fingerprint density at radius 2 is 1.81 bits per heavy atom. The van der Waals surface area contributed by atoms with Crippen LogP contribution in [0, 0.1) is 0 Å². The Bertz CT molecular complexity index is 377. The normalized spacial score (nSPS) is 15.5. The highest BCUT2D eigenvalue weighted by Gasteiger charge is 2.32. The first kappa shape index (κ1) is 13.1. The van der Waals surface area contributed by atoms with E-state index in [2.05, 4.69) is 4.52 Å². The topological polar surface area (TPSA) is 35.5 Å². The van der Waals surface area contributed by atoms with Crippen molar-refractivity contribution >= 4 is 7.60 Å². The average molecular weight is 254 g/mol. The quantitative estimate of drug-likeness (QED) is 0.772. The molecule has 0 amide bonds. The second kappa shape index (κ2) is 4.89. The summed E-state index contributed by atoms with van der Waals surface area (Å²) in [7, 11) is -3.73. The molecule has 0 saturated carbocycles. The van der Waals surface area contributed by atoms with Crippen LogP contribution in [0.5, 0.6) is 5.75 Å². The van der Waals surface area contributed by atoms with Crippen molar-refractivity contribution in [3.8, 4) is 5.75 Å². The maximum atomic E-state index is 11.8. The first-order valence-electron chi connectivity index (χ1n) is 4.32. The summed E-state index contributed by atoms with van der Waals surface area (Å²) in [5, 5.41) is 0. The number of rotatable bonds is 4. The third kappa shape index (κ3) is 5.19. The highest BCUT2D eigenvalue weighted by molar-refractivity contribution is 7.53. The molecule has 3 nitrogen and oxygen atoms in total. The van der Waals surface area contributed by atoms with Gasteiger partial charge in [-0.2, -0.15) is 13.2 Å². The van der Waals surface area contributed by atoms with Crippen molar-refractivity contribution in [2.45, 2.75) is 6.18 Å². The molecule has 0 aliphatic heterocycles. The minimum atomic E-state index is -4.52. The molecule has 1 atom stereocenters. The fourth-order valence-electron chi connectivity index (χ4n) is 0.890. The van der Waals surface area contributed by atoms with Crippen LogP contribution in [-0.2, 0) is 9.09 Å². The molecule has 90 valence electrons. The Balaban J connectivity index is 2.56. The van der Waals surface area contributed by atoms with Gasteiger partial charge in [-0.1, -0.05) is 18.2 Å². The van der Waals surface area contributed by atoms with Crippen LogP contribution >= 0.6 is 7.60 Å². The van der Waals surface area contributed by atoms with Crippen LogP contribution in [0.4, 0.5) is 13.2 Å². The van der Waals surface area contributed by atoms with E-state index in [1.165, 1.54) is 12.1 Å². The van der Waals surface area contributed by atoms with Gasteiger partial charge in [-0.15, -0.1) is 0 Å². The summed E-state index contributed by atoms with van der Waals surface area (Å²) in [5.74, 6) is 0.204. The molecule has 0 radical (unpaired) electrons. The van der Waals surface area contributed by atoms with Crippen LogP contribution in [0.3, 0.4) is 0 Å². The first-order chi connectivity index (χ1) is 7.29. The monoisotopic (exact) mass is 254 g/mol. The van der Waals surface area contributed by atoms with E-state index in [1.807, 2.05) is 0 Å². The molecule has 7 heteroatoms. The van der Waals surface area contributed by atoms with Crippen LogP contribution < -0.4 is 4.52 Å². The van der Waals surface area contributed by atoms with Crippen molar-refractivity contribution in [1.29, 1.82) is 0 Å². The zero-order valence-electron chi connectivity index (χ0n) is 8.40. The summed E-state index contributed by atoms with van der Waals surface area (Å²) < 4.78 is 56.0. The molecule has 0 spiro atoms. The van der Waals surface area contributed by atoms with E-state index in [4.69, 9.17) is 4.52 Å². The van der Waals surface area contributed by atoms with Crippen molar-refractivity contribution in [3.05, 3.63) is 30.3 Å². The largest absolute Gasteiger partial charge is 0.425 e. The maximum absolute atomic E-state index is 11.8. The highest BCUT2D eigenvalue weighted by Crippen LogP contribution is 2.45. The molecule has 0 heterocycles. The second-order valence-electron chi connectivity index (χ2n) is 3.06. The molecule has 1 unspecified atom stereocenters. The summed E-state index contributed by atoms with van der Waals surface area (Å²) in [6.45, 7) is -0.598. The molecule has 0 bridgehead atoms. The van der Waals surface area contributed by atoms with Crippen LogP contribution in [0.2, 0.25) is 0 Å². The molecule has 1 aromatic carbocycles. The smallest absolute Gasteiger partial charge is 0.412 e. The van der Waals surface area contributed by atoms with Gasteiger partial charge in [-0.05, 0) is 12.1 Å². The Kier molecular flexibility index (Phi) is 3.99. The summed E-state index contributed by atoms with van der Waals surface area (Å²) in [6, 6.07) is 7.88. The lowest BCUT2D eigenvalue weighted by Crippen LogP contribution is -2.16. The molecular formula is C9H10F3O3P. The predicted octanol–water partition coefficient (Wildman–Crippen LogP) is 3.47. The number of alkyl halides is 3. The van der Waals surface area contributed by atoms with E-state index in [0.717, 1.165) is 6.66 Å². The third-order valence-electron chi connectivity index (χ3n) is 1.48. The molecule has 0 fully saturated rings. The van der Waals surface area contributed by atoms with Gasteiger partial charge >= 0.3 is 13.8 Å². The van der Waals surface area contributed by atoms with Crippen molar-refractivity contribution < 1.29 is 26.8 Å². The van der Waals surface area contributed by atoms with E-state index < -0.39 is 20.4 Å². The summed E-state index contributed by atoms with van der Waals surface area (Å²) in [5.41, 5.74) is 0. The van der Waals surface area contributed by atoms with Crippen molar-refractivity contribution in [1.82, 2.24) is 0 Å². The fraction of sp³-hybridized carbons (Fsp3) is 0.333. The van der Waals surface area contributed by atoms with E-state index >= 15 is 0 Å². The lowest BCUT2D eigenvalue weighted by atomic mass is 10.3. The molecular weight excluding hydrogens is 244 g/mol. The molecule has 1 aromatic rings. The number of para-hydroxylation sites is 1. The molecule has 16 heavy (non-hydrogen) atoms. The SMILES string of the molecule is CP(=O)(OCC(F)(F)F)Oc1ccccc1. The van der Waals surface area contributed by atoms with Crippen molar-refractivity contribution in [2.75, 3.05) is 13.3 Å². The molecule has 0 aromatic heterocycles. The van der Waals surface area contributed by atoms with Crippen molar-refractivity contribution in [2.24, 2.45) is 0 Å². The lowest BCUT2D eigenvalue weighted by Gasteiger charge is -2.16. The zero-order valence-corrected chi connectivity index (χ0v) is 9.29. The minimum Gasteiger partial charge on any atom is -0.425 e. The van der Waals surface area contributed by atoms with Gasteiger partial charge in [0.05, 0.1) is 0 Å². The zero-order chi connectivity index (χ0) is 12.2. The molecule has 0 saturated heterocycles. The van der Waals surface area contributed by atoms with Crippen LogP contribution in [0.15, 0.2) is 30.3 Å². The Morgan fingerprint density at radius 1 is 1.25 bits per heavy atom. The van der Waals surface area contributed by atoms with Gasteiger partial charge in [0.1, 0.15) is 5.75 Å².